The van der Waals surface area contributed by atoms with Crippen LogP contribution < -0.4 is 11.5 Å². The van der Waals surface area contributed by atoms with E-state index in [4.69, 9.17) is 11.5 Å². The Bertz CT molecular complexity index is 280. The zero-order chi connectivity index (χ0) is 9.84. The number of nitrogens with zero attached hydrogens (tertiary/aromatic N) is 1. The topological polar surface area (TPSA) is 105 Å². The van der Waals surface area contributed by atoms with Crippen molar-refractivity contribution >= 4 is 5.82 Å². The molecular weight excluding hydrogens is 170 g/mol. The molecule has 0 amide bonds. The van der Waals surface area contributed by atoms with Crippen LogP contribution in [-0.2, 0) is 0 Å². The van der Waals surface area contributed by atoms with E-state index >= 15 is 0 Å². The number of pyridine rings is 1. The van der Waals surface area contributed by atoms with Gasteiger partial charge in [0.25, 0.3) is 0 Å². The van der Waals surface area contributed by atoms with E-state index in [2.05, 4.69) is 4.98 Å². The van der Waals surface area contributed by atoms with Crippen LogP contribution in [0.4, 0.5) is 5.82 Å². The number of rotatable bonds is 3. The summed E-state index contributed by atoms with van der Waals surface area (Å²) in [7, 11) is 0. The van der Waals surface area contributed by atoms with Crippen LogP contribution in [0, 0.1) is 0 Å². The quantitative estimate of drug-likeness (QED) is 0.482. The van der Waals surface area contributed by atoms with Crippen molar-refractivity contribution in [1.29, 1.82) is 0 Å². The fourth-order valence-corrected chi connectivity index (χ4v) is 1.00. The Morgan fingerprint density at radius 2 is 2.15 bits per heavy atom. The van der Waals surface area contributed by atoms with Crippen LogP contribution in [-0.4, -0.2) is 27.8 Å². The van der Waals surface area contributed by atoms with Gasteiger partial charge in [-0.15, -0.1) is 0 Å². The van der Waals surface area contributed by atoms with Crippen molar-refractivity contribution in [2.45, 2.75) is 12.2 Å². The lowest BCUT2D eigenvalue weighted by Gasteiger charge is -2.16. The van der Waals surface area contributed by atoms with Gasteiger partial charge in [-0.25, -0.2) is 4.98 Å². The number of aliphatic hydroxyl groups excluding tert-OH is 2. The molecule has 5 nitrogen and oxygen atoms in total. The lowest BCUT2D eigenvalue weighted by Crippen LogP contribution is -2.27. The summed E-state index contributed by atoms with van der Waals surface area (Å²) in [5.41, 5.74) is 11.1. The largest absolute Gasteiger partial charge is 0.389 e. The Morgan fingerprint density at radius 1 is 1.46 bits per heavy atom. The highest BCUT2D eigenvalue weighted by molar-refractivity contribution is 5.33. The second kappa shape index (κ2) is 4.18. The van der Waals surface area contributed by atoms with Gasteiger partial charge < -0.3 is 21.7 Å². The normalized spacial score (nSPS) is 15.3. The zero-order valence-corrected chi connectivity index (χ0v) is 7.09. The van der Waals surface area contributed by atoms with Crippen LogP contribution >= 0.6 is 0 Å². The first-order valence-corrected chi connectivity index (χ1v) is 3.92. The predicted molar refractivity (Wildman–Crippen MR) is 48.7 cm³/mol. The van der Waals surface area contributed by atoms with Crippen molar-refractivity contribution in [3.8, 4) is 0 Å². The standard InChI is InChI=1S/C8H13N3O2/c9-4-6(12)8(13)5-1-2-11-7(10)3-5/h1-3,6,8,12-13H,4,9H2,(H2,10,11). The predicted octanol–water partition coefficient (Wildman–Crippen LogP) is -0.983. The Hall–Kier alpha value is -1.17. The summed E-state index contributed by atoms with van der Waals surface area (Å²) in [5, 5.41) is 18.7. The second-order valence-corrected chi connectivity index (χ2v) is 2.76. The van der Waals surface area contributed by atoms with Crippen molar-refractivity contribution in [3.63, 3.8) is 0 Å². The Morgan fingerprint density at radius 3 is 2.69 bits per heavy atom. The number of hydrogen-bond acceptors (Lipinski definition) is 5. The van der Waals surface area contributed by atoms with Gasteiger partial charge in [-0.1, -0.05) is 0 Å². The van der Waals surface area contributed by atoms with Gasteiger partial charge in [0.2, 0.25) is 0 Å². The van der Waals surface area contributed by atoms with Gasteiger partial charge in [-0.3, -0.25) is 0 Å². The number of aliphatic hydroxyl groups is 2. The molecule has 2 unspecified atom stereocenters. The van der Waals surface area contributed by atoms with Crippen LogP contribution in [0.3, 0.4) is 0 Å². The summed E-state index contributed by atoms with van der Waals surface area (Å²) in [6, 6.07) is 3.09. The number of aromatic nitrogens is 1. The van der Waals surface area contributed by atoms with Crippen molar-refractivity contribution < 1.29 is 10.2 Å². The zero-order valence-electron chi connectivity index (χ0n) is 7.09. The molecule has 5 heteroatoms. The third-order valence-electron chi connectivity index (χ3n) is 1.75. The molecule has 72 valence electrons. The molecule has 0 aliphatic rings. The molecule has 0 aromatic carbocycles. The SMILES string of the molecule is NCC(O)C(O)c1ccnc(N)c1. The number of nitrogens with two attached hydrogens (primary N) is 2. The molecule has 0 radical (unpaired) electrons. The summed E-state index contributed by atoms with van der Waals surface area (Å²) in [4.78, 5) is 3.76. The molecule has 0 saturated heterocycles. The van der Waals surface area contributed by atoms with Crippen molar-refractivity contribution in [2.75, 3.05) is 12.3 Å². The first-order chi connectivity index (χ1) is 6.15. The van der Waals surface area contributed by atoms with Crippen LogP contribution in [0.2, 0.25) is 0 Å². The summed E-state index contributed by atoms with van der Waals surface area (Å²) in [6.07, 6.45) is -0.506. The average molecular weight is 183 g/mol. The molecule has 1 rings (SSSR count). The lowest BCUT2D eigenvalue weighted by atomic mass is 10.1. The molecule has 0 saturated carbocycles. The fraction of sp³-hybridized carbons (Fsp3) is 0.375. The van der Waals surface area contributed by atoms with Gasteiger partial charge in [0, 0.05) is 12.7 Å². The molecule has 1 aromatic rings. The van der Waals surface area contributed by atoms with Crippen molar-refractivity contribution in [2.24, 2.45) is 5.73 Å². The average Bonchev–Trinajstić information content (AvgIpc) is 2.15. The minimum atomic E-state index is -1.00. The van der Waals surface area contributed by atoms with E-state index in [0.717, 1.165) is 0 Å². The maximum atomic E-state index is 9.50. The lowest BCUT2D eigenvalue weighted by molar-refractivity contribution is 0.0243. The van der Waals surface area contributed by atoms with Crippen molar-refractivity contribution in [1.82, 2.24) is 4.98 Å². The molecule has 2 atom stereocenters. The highest BCUT2D eigenvalue weighted by Gasteiger charge is 2.16. The van der Waals surface area contributed by atoms with Gasteiger partial charge in [-0.2, -0.15) is 0 Å². The highest BCUT2D eigenvalue weighted by atomic mass is 16.3. The summed E-state index contributed by atoms with van der Waals surface area (Å²) < 4.78 is 0. The second-order valence-electron chi connectivity index (χ2n) is 2.76. The number of hydrogen-bond donors (Lipinski definition) is 4. The van der Waals surface area contributed by atoms with Crippen LogP contribution in [0.1, 0.15) is 11.7 Å². The summed E-state index contributed by atoms with van der Waals surface area (Å²) in [5.74, 6) is 0.306. The molecule has 0 spiro atoms. The number of nitrogen functional groups attached to an aromatic ring is 1. The molecule has 0 aliphatic heterocycles. The van der Waals surface area contributed by atoms with E-state index < -0.39 is 12.2 Å². The molecule has 6 N–H and O–H groups in total. The molecule has 1 aromatic heterocycles. The molecule has 0 bridgehead atoms. The van der Waals surface area contributed by atoms with Crippen LogP contribution in [0.15, 0.2) is 18.3 Å². The Kier molecular flexibility index (Phi) is 3.18. The first kappa shape index (κ1) is 9.91. The molecule has 13 heavy (non-hydrogen) atoms. The van der Waals surface area contributed by atoms with Crippen molar-refractivity contribution in [3.05, 3.63) is 23.9 Å². The van der Waals surface area contributed by atoms with E-state index in [0.29, 0.717) is 11.4 Å². The summed E-state index contributed by atoms with van der Waals surface area (Å²) in [6.45, 7) is 0.00337. The van der Waals surface area contributed by atoms with Gasteiger partial charge >= 0.3 is 0 Å². The smallest absolute Gasteiger partial charge is 0.123 e. The maximum absolute atomic E-state index is 9.50. The van der Waals surface area contributed by atoms with Gasteiger partial charge in [0.15, 0.2) is 0 Å². The Balaban J connectivity index is 2.82. The third kappa shape index (κ3) is 2.38. The monoisotopic (exact) mass is 183 g/mol. The molecule has 0 aliphatic carbocycles. The molecular formula is C8H13N3O2. The summed E-state index contributed by atoms with van der Waals surface area (Å²) >= 11 is 0. The van der Waals surface area contributed by atoms with E-state index in [9.17, 15) is 10.2 Å². The minimum Gasteiger partial charge on any atom is -0.389 e. The molecule has 1 heterocycles. The highest BCUT2D eigenvalue weighted by Crippen LogP contribution is 2.16. The Labute approximate surface area is 76.0 Å². The minimum absolute atomic E-state index is 0.00337. The maximum Gasteiger partial charge on any atom is 0.123 e. The van der Waals surface area contributed by atoms with Gasteiger partial charge in [0.1, 0.15) is 11.9 Å². The number of anilines is 1. The van der Waals surface area contributed by atoms with E-state index in [1.807, 2.05) is 0 Å². The van der Waals surface area contributed by atoms with Crippen LogP contribution in [0.5, 0.6) is 0 Å². The van der Waals surface area contributed by atoms with Crippen LogP contribution in [0.25, 0.3) is 0 Å². The first-order valence-electron chi connectivity index (χ1n) is 3.92. The van der Waals surface area contributed by atoms with E-state index in [1.54, 1.807) is 6.07 Å². The third-order valence-corrected chi connectivity index (χ3v) is 1.75. The fourth-order valence-electron chi connectivity index (χ4n) is 1.00. The van der Waals surface area contributed by atoms with E-state index in [1.165, 1.54) is 12.3 Å². The van der Waals surface area contributed by atoms with Gasteiger partial charge in [-0.05, 0) is 17.7 Å². The molecule has 0 fully saturated rings. The van der Waals surface area contributed by atoms with Gasteiger partial charge in [0.05, 0.1) is 6.10 Å². The van der Waals surface area contributed by atoms with E-state index in [-0.39, 0.29) is 6.54 Å².